The van der Waals surface area contributed by atoms with Gasteiger partial charge in [-0.1, -0.05) is 55.7 Å². The number of aromatic amines is 1. The summed E-state index contributed by atoms with van der Waals surface area (Å²) in [6, 6.07) is 15.4. The Balaban J connectivity index is 1.18. The maximum Gasteiger partial charge on any atom is 0.247 e. The summed E-state index contributed by atoms with van der Waals surface area (Å²) >= 11 is 0. The Kier molecular flexibility index (Phi) is 7.16. The van der Waals surface area contributed by atoms with Crippen LogP contribution in [-0.2, 0) is 16.0 Å². The fourth-order valence-electron chi connectivity index (χ4n) is 7.15. The van der Waals surface area contributed by atoms with Crippen LogP contribution < -0.4 is 5.32 Å². The van der Waals surface area contributed by atoms with Gasteiger partial charge in [0.05, 0.1) is 23.0 Å². The van der Waals surface area contributed by atoms with E-state index in [1.165, 1.54) is 0 Å². The zero-order valence-corrected chi connectivity index (χ0v) is 22.6. The summed E-state index contributed by atoms with van der Waals surface area (Å²) < 4.78 is 0. The minimum absolute atomic E-state index is 0.106. The number of fused-ring (bicyclic) bond motifs is 1. The van der Waals surface area contributed by atoms with E-state index in [1.807, 2.05) is 41.3 Å². The summed E-state index contributed by atoms with van der Waals surface area (Å²) in [5.41, 5.74) is 1.40. The van der Waals surface area contributed by atoms with Crippen LogP contribution >= 0.6 is 0 Å². The number of anilines is 1. The molecule has 3 N–H and O–H groups in total. The summed E-state index contributed by atoms with van der Waals surface area (Å²) in [6.07, 6.45) is 9.97. The fourth-order valence-corrected chi connectivity index (χ4v) is 7.15. The highest BCUT2D eigenvalue weighted by Gasteiger charge is 2.51. The van der Waals surface area contributed by atoms with Gasteiger partial charge in [-0.05, 0) is 56.2 Å². The standard InChI is InChI=1S/C31H39N5O3/c37-28(33-25-11-7-12-26-24(25)22-32-34-26)27-13-8-18-36(27)29(38)31(14-5-2-6-15-31)35-19-16-30(39,17-20-35)21-23-9-3-1-4-10-23/h1,3-4,7,9-12,22,27,39H,2,5-6,8,13-21H2,(H,32,34)(H,33,37)/t27-/m1/s1. The molecule has 8 nitrogen and oxygen atoms in total. The lowest BCUT2D eigenvalue weighted by Crippen LogP contribution is -2.64. The highest BCUT2D eigenvalue weighted by atomic mass is 16.3. The van der Waals surface area contributed by atoms with Crippen molar-refractivity contribution in [3.05, 3.63) is 60.3 Å². The van der Waals surface area contributed by atoms with Crippen LogP contribution in [0.25, 0.3) is 10.9 Å². The maximum atomic E-state index is 14.4. The lowest BCUT2D eigenvalue weighted by atomic mass is 9.76. The number of carbonyl (C=O) groups is 2. The van der Waals surface area contributed by atoms with Crippen LogP contribution in [0.2, 0.25) is 0 Å². The zero-order chi connectivity index (χ0) is 26.9. The van der Waals surface area contributed by atoms with Gasteiger partial charge in [-0.15, -0.1) is 0 Å². The molecular weight excluding hydrogens is 490 g/mol. The van der Waals surface area contributed by atoms with Crippen LogP contribution in [0, 0.1) is 0 Å². The molecule has 1 atom stereocenters. The molecule has 6 rings (SSSR count). The number of aromatic nitrogens is 2. The molecule has 2 amide bonds. The second-order valence-corrected chi connectivity index (χ2v) is 11.7. The van der Waals surface area contributed by atoms with E-state index in [-0.39, 0.29) is 11.8 Å². The first-order valence-electron chi connectivity index (χ1n) is 14.5. The van der Waals surface area contributed by atoms with Gasteiger partial charge in [-0.3, -0.25) is 19.6 Å². The predicted octanol–water partition coefficient (Wildman–Crippen LogP) is 4.26. The van der Waals surface area contributed by atoms with Crippen LogP contribution in [0.15, 0.2) is 54.7 Å². The largest absolute Gasteiger partial charge is 0.389 e. The normalized spacial score (nSPS) is 23.1. The minimum atomic E-state index is -0.749. The van der Waals surface area contributed by atoms with Crippen molar-refractivity contribution in [3.8, 4) is 0 Å². The molecule has 2 aromatic carbocycles. The van der Waals surface area contributed by atoms with E-state index >= 15 is 0 Å². The van der Waals surface area contributed by atoms with E-state index in [1.54, 1.807) is 6.20 Å². The van der Waals surface area contributed by atoms with E-state index in [2.05, 4.69) is 32.5 Å². The second kappa shape index (κ2) is 10.7. The Hall–Kier alpha value is -3.23. The van der Waals surface area contributed by atoms with Crippen LogP contribution in [0.1, 0.15) is 63.4 Å². The summed E-state index contributed by atoms with van der Waals surface area (Å²) in [4.78, 5) is 32.2. The number of piperidine rings is 1. The van der Waals surface area contributed by atoms with Gasteiger partial charge in [0.2, 0.25) is 11.8 Å². The van der Waals surface area contributed by atoms with Gasteiger partial charge in [-0.25, -0.2) is 0 Å². The number of hydrogen-bond acceptors (Lipinski definition) is 5. The fraction of sp³-hybridized carbons (Fsp3) is 0.516. The van der Waals surface area contributed by atoms with Crippen LogP contribution in [0.4, 0.5) is 5.69 Å². The first kappa shape index (κ1) is 26.0. The molecule has 206 valence electrons. The molecule has 3 heterocycles. The van der Waals surface area contributed by atoms with E-state index < -0.39 is 17.2 Å². The van der Waals surface area contributed by atoms with Crippen molar-refractivity contribution in [2.75, 3.05) is 25.0 Å². The zero-order valence-electron chi connectivity index (χ0n) is 22.6. The molecule has 0 bridgehead atoms. The third kappa shape index (κ3) is 5.08. The molecule has 1 aliphatic carbocycles. The molecular formula is C31H39N5O3. The molecule has 3 fully saturated rings. The molecule has 8 heteroatoms. The molecule has 2 aliphatic heterocycles. The number of aliphatic hydroxyl groups is 1. The lowest BCUT2D eigenvalue weighted by molar-refractivity contribution is -0.154. The Labute approximate surface area is 229 Å². The number of likely N-dealkylation sites (tertiary alicyclic amines) is 2. The van der Waals surface area contributed by atoms with E-state index in [4.69, 9.17) is 0 Å². The number of amides is 2. The molecule has 0 radical (unpaired) electrons. The van der Waals surface area contributed by atoms with Gasteiger partial charge in [0.25, 0.3) is 0 Å². The summed E-state index contributed by atoms with van der Waals surface area (Å²) in [6.45, 7) is 2.00. The minimum Gasteiger partial charge on any atom is -0.389 e. The smallest absolute Gasteiger partial charge is 0.247 e. The van der Waals surface area contributed by atoms with Gasteiger partial charge in [0.1, 0.15) is 11.6 Å². The Morgan fingerprint density at radius 3 is 2.49 bits per heavy atom. The predicted molar refractivity (Wildman–Crippen MR) is 151 cm³/mol. The second-order valence-electron chi connectivity index (χ2n) is 11.7. The van der Waals surface area contributed by atoms with E-state index in [9.17, 15) is 14.7 Å². The van der Waals surface area contributed by atoms with Crippen molar-refractivity contribution >= 4 is 28.4 Å². The highest BCUT2D eigenvalue weighted by molar-refractivity contribution is 6.04. The highest BCUT2D eigenvalue weighted by Crippen LogP contribution is 2.40. The first-order valence-corrected chi connectivity index (χ1v) is 14.5. The number of nitrogens with one attached hydrogen (secondary N) is 2. The van der Waals surface area contributed by atoms with Gasteiger partial charge in [0.15, 0.2) is 0 Å². The number of benzene rings is 2. The molecule has 1 saturated carbocycles. The average Bonchev–Trinajstić information content (AvgIpc) is 3.65. The van der Waals surface area contributed by atoms with Gasteiger partial charge in [0, 0.05) is 31.4 Å². The lowest BCUT2D eigenvalue weighted by Gasteiger charge is -2.51. The Morgan fingerprint density at radius 2 is 1.72 bits per heavy atom. The number of nitrogens with zero attached hydrogens (tertiary/aromatic N) is 3. The molecule has 2 saturated heterocycles. The number of hydrogen-bond donors (Lipinski definition) is 3. The summed E-state index contributed by atoms with van der Waals surface area (Å²) in [5.74, 6) is -0.0220. The third-order valence-corrected chi connectivity index (χ3v) is 9.31. The van der Waals surface area contributed by atoms with Crippen molar-refractivity contribution in [2.45, 2.75) is 81.4 Å². The Bertz CT molecular complexity index is 1310. The molecule has 0 spiro atoms. The van der Waals surface area contributed by atoms with Crippen LogP contribution in [-0.4, -0.2) is 73.7 Å². The number of rotatable bonds is 6. The maximum absolute atomic E-state index is 14.4. The van der Waals surface area contributed by atoms with Crippen molar-refractivity contribution in [2.24, 2.45) is 0 Å². The number of carbonyl (C=O) groups excluding carboxylic acids is 2. The third-order valence-electron chi connectivity index (χ3n) is 9.31. The Morgan fingerprint density at radius 1 is 0.949 bits per heavy atom. The van der Waals surface area contributed by atoms with E-state index in [0.29, 0.717) is 51.0 Å². The SMILES string of the molecule is O=C(Nc1cccc2[nH]ncc12)[C@H]1CCCN1C(=O)C1(N2CCC(O)(Cc3ccccc3)CC2)CCCCC1. The molecule has 1 aromatic heterocycles. The molecule has 3 aromatic rings. The molecule has 0 unspecified atom stereocenters. The van der Waals surface area contributed by atoms with Crippen LogP contribution in [0.3, 0.4) is 0 Å². The summed E-state index contributed by atoms with van der Waals surface area (Å²) in [7, 11) is 0. The van der Waals surface area contributed by atoms with Gasteiger partial charge in [-0.2, -0.15) is 5.10 Å². The molecule has 39 heavy (non-hydrogen) atoms. The van der Waals surface area contributed by atoms with E-state index in [0.717, 1.165) is 55.0 Å². The average molecular weight is 530 g/mol. The summed E-state index contributed by atoms with van der Waals surface area (Å²) in [5, 5.41) is 22.4. The van der Waals surface area contributed by atoms with Crippen molar-refractivity contribution in [1.29, 1.82) is 0 Å². The number of H-pyrrole nitrogens is 1. The van der Waals surface area contributed by atoms with Crippen LogP contribution in [0.5, 0.6) is 0 Å². The monoisotopic (exact) mass is 529 g/mol. The molecule has 3 aliphatic rings. The van der Waals surface area contributed by atoms with Gasteiger partial charge >= 0.3 is 0 Å². The van der Waals surface area contributed by atoms with Crippen molar-refractivity contribution < 1.29 is 14.7 Å². The van der Waals surface area contributed by atoms with Crippen molar-refractivity contribution in [3.63, 3.8) is 0 Å². The quantitative estimate of drug-likeness (QED) is 0.443. The first-order chi connectivity index (χ1) is 19.0. The van der Waals surface area contributed by atoms with Gasteiger partial charge < -0.3 is 15.3 Å². The van der Waals surface area contributed by atoms with Crippen molar-refractivity contribution in [1.82, 2.24) is 20.0 Å². The topological polar surface area (TPSA) is 102 Å².